The Kier molecular flexibility index (Phi) is 6.26. The quantitative estimate of drug-likeness (QED) is 0.175. The van der Waals surface area contributed by atoms with Crippen molar-refractivity contribution in [3.05, 3.63) is 126 Å². The second-order valence-electron chi connectivity index (χ2n) is 7.38. The summed E-state index contributed by atoms with van der Waals surface area (Å²) in [4.78, 5) is 28.9. The van der Waals surface area contributed by atoms with Crippen LogP contribution in [0.3, 0.4) is 0 Å². The smallest absolute Gasteiger partial charge is 0.313 e. The Morgan fingerprint density at radius 3 is 1.72 bits per heavy atom. The first kappa shape index (κ1) is 21.2. The molecule has 0 spiro atoms. The van der Waals surface area contributed by atoms with Gasteiger partial charge >= 0.3 is 5.97 Å². The lowest BCUT2D eigenvalue weighted by Crippen LogP contribution is -2.37. The van der Waals surface area contributed by atoms with Crippen LogP contribution in [0.5, 0.6) is 0 Å². The van der Waals surface area contributed by atoms with Crippen LogP contribution in [0.15, 0.2) is 104 Å². The van der Waals surface area contributed by atoms with Gasteiger partial charge in [-0.3, -0.25) is 9.59 Å². The van der Waals surface area contributed by atoms with Crippen molar-refractivity contribution in [2.75, 3.05) is 6.61 Å². The van der Waals surface area contributed by atoms with Crippen molar-refractivity contribution in [3.63, 3.8) is 0 Å². The number of carbonyl (C=O) groups is 2. The van der Waals surface area contributed by atoms with Crippen molar-refractivity contribution < 1.29 is 14.3 Å². The Morgan fingerprint density at radius 1 is 0.812 bits per heavy atom. The van der Waals surface area contributed by atoms with Crippen LogP contribution in [0, 0.1) is 0 Å². The van der Waals surface area contributed by atoms with Gasteiger partial charge in [0.05, 0.1) is 12.9 Å². The van der Waals surface area contributed by atoms with E-state index in [-0.39, 0.29) is 24.5 Å². The van der Waals surface area contributed by atoms with Crippen molar-refractivity contribution in [3.8, 4) is 0 Å². The summed E-state index contributed by atoms with van der Waals surface area (Å²) in [7, 11) is 0. The summed E-state index contributed by atoms with van der Waals surface area (Å²) in [6.45, 7) is 1.95. The van der Waals surface area contributed by atoms with Gasteiger partial charge in [0.25, 0.3) is 0 Å². The molecular weight excluding hydrogens is 400 g/mol. The molecule has 1 heterocycles. The highest BCUT2D eigenvalue weighted by Crippen LogP contribution is 2.40. The van der Waals surface area contributed by atoms with E-state index in [1.165, 1.54) is 0 Å². The summed E-state index contributed by atoms with van der Waals surface area (Å²) < 4.78 is 6.87. The Balaban J connectivity index is 1.91. The van der Waals surface area contributed by atoms with Gasteiger partial charge in [-0.05, 0) is 23.6 Å². The molecule has 4 aromatic rings. The Labute approximate surface area is 187 Å². The predicted octanol–water partition coefficient (Wildman–Crippen LogP) is 4.86. The van der Waals surface area contributed by atoms with Gasteiger partial charge in [0.15, 0.2) is 5.78 Å². The van der Waals surface area contributed by atoms with E-state index in [4.69, 9.17) is 4.74 Å². The maximum Gasteiger partial charge on any atom is 0.313 e. The third-order valence-corrected chi connectivity index (χ3v) is 5.44. The van der Waals surface area contributed by atoms with Crippen molar-refractivity contribution in [2.24, 2.45) is 0 Å². The van der Waals surface area contributed by atoms with Crippen molar-refractivity contribution in [1.29, 1.82) is 0 Å². The van der Waals surface area contributed by atoms with Crippen LogP contribution in [0.25, 0.3) is 0 Å². The van der Waals surface area contributed by atoms with E-state index in [1.807, 2.05) is 59.2 Å². The van der Waals surface area contributed by atoms with E-state index in [1.54, 1.807) is 19.4 Å². The SMILES string of the molecule is CCOC(=O)CC(=O)c1cn(C(c2ccccc2)(c2ccccc2)c2ccccc2)cn1. The van der Waals surface area contributed by atoms with Crippen LogP contribution >= 0.6 is 0 Å². The Bertz CT molecular complexity index is 1090. The monoisotopic (exact) mass is 424 g/mol. The van der Waals surface area contributed by atoms with Crippen molar-refractivity contribution in [1.82, 2.24) is 9.55 Å². The minimum Gasteiger partial charge on any atom is -0.466 e. The number of nitrogens with zero attached hydrogens (tertiary/aromatic N) is 2. The first-order valence-electron chi connectivity index (χ1n) is 10.6. The standard InChI is InChI=1S/C27H24N2O3/c1-2-32-26(31)18-25(30)24-19-29(20-28-24)27(21-12-6-3-7-13-21,22-14-8-4-9-15-22)23-16-10-5-11-17-23/h3-17,19-20H,2,18H2,1H3. The summed E-state index contributed by atoms with van der Waals surface area (Å²) in [6.07, 6.45) is 3.04. The zero-order valence-corrected chi connectivity index (χ0v) is 17.8. The van der Waals surface area contributed by atoms with Crippen LogP contribution in [-0.2, 0) is 15.1 Å². The Morgan fingerprint density at radius 2 is 1.28 bits per heavy atom. The van der Waals surface area contributed by atoms with Crippen molar-refractivity contribution in [2.45, 2.75) is 18.9 Å². The zero-order chi connectivity index (χ0) is 22.4. The number of benzene rings is 3. The average Bonchev–Trinajstić information content (AvgIpc) is 3.33. The van der Waals surface area contributed by atoms with Gasteiger partial charge in [-0.1, -0.05) is 91.0 Å². The number of esters is 1. The molecule has 5 heteroatoms. The van der Waals surface area contributed by atoms with Crippen LogP contribution in [0.1, 0.15) is 40.5 Å². The lowest BCUT2D eigenvalue weighted by Gasteiger charge is -2.37. The van der Waals surface area contributed by atoms with Gasteiger partial charge in [-0.15, -0.1) is 0 Å². The van der Waals surface area contributed by atoms with Gasteiger partial charge in [-0.25, -0.2) is 4.98 Å². The molecular formula is C27H24N2O3. The fourth-order valence-electron chi connectivity index (χ4n) is 4.07. The van der Waals surface area contributed by atoms with Gasteiger partial charge in [0.1, 0.15) is 17.7 Å². The molecule has 0 aliphatic heterocycles. The molecule has 3 aromatic carbocycles. The number of Topliss-reactive ketones (excluding diaryl/α,β-unsaturated/α-hetero) is 1. The number of imidazole rings is 1. The first-order valence-corrected chi connectivity index (χ1v) is 10.6. The summed E-state index contributed by atoms with van der Waals surface area (Å²) in [5.41, 5.74) is 2.56. The summed E-state index contributed by atoms with van der Waals surface area (Å²) in [5.74, 6) is -0.919. The highest BCUT2D eigenvalue weighted by atomic mass is 16.5. The molecule has 160 valence electrons. The van der Waals surface area contributed by atoms with E-state index < -0.39 is 11.5 Å². The van der Waals surface area contributed by atoms with E-state index in [2.05, 4.69) is 41.4 Å². The average molecular weight is 425 g/mol. The highest BCUT2D eigenvalue weighted by molar-refractivity contribution is 6.04. The van der Waals surface area contributed by atoms with Crippen LogP contribution in [0.2, 0.25) is 0 Å². The molecule has 4 rings (SSSR count). The van der Waals surface area contributed by atoms with Crippen LogP contribution in [-0.4, -0.2) is 27.9 Å². The number of carbonyl (C=O) groups excluding carboxylic acids is 2. The van der Waals surface area contributed by atoms with E-state index >= 15 is 0 Å². The fourth-order valence-corrected chi connectivity index (χ4v) is 4.07. The second kappa shape index (κ2) is 9.43. The minimum absolute atomic E-state index is 0.227. The molecule has 5 nitrogen and oxygen atoms in total. The normalized spacial score (nSPS) is 11.2. The van der Waals surface area contributed by atoms with Crippen LogP contribution in [0.4, 0.5) is 0 Å². The molecule has 0 aliphatic rings. The van der Waals surface area contributed by atoms with Gasteiger partial charge in [0.2, 0.25) is 0 Å². The largest absolute Gasteiger partial charge is 0.466 e. The number of hydrogen-bond acceptors (Lipinski definition) is 4. The van der Waals surface area contributed by atoms with Gasteiger partial charge < -0.3 is 9.30 Å². The zero-order valence-electron chi connectivity index (χ0n) is 17.8. The molecule has 0 fully saturated rings. The number of hydrogen-bond donors (Lipinski definition) is 0. The molecule has 0 saturated heterocycles. The third kappa shape index (κ3) is 3.97. The summed E-state index contributed by atoms with van der Waals surface area (Å²) in [5, 5.41) is 0. The number of ether oxygens (including phenoxy) is 1. The van der Waals surface area contributed by atoms with E-state index in [0.29, 0.717) is 0 Å². The Hall–Kier alpha value is -3.99. The lowest BCUT2D eigenvalue weighted by atomic mass is 9.77. The highest BCUT2D eigenvalue weighted by Gasteiger charge is 2.38. The molecule has 0 unspecified atom stereocenters. The third-order valence-electron chi connectivity index (χ3n) is 5.44. The first-order chi connectivity index (χ1) is 15.7. The van der Waals surface area contributed by atoms with Gasteiger partial charge in [-0.2, -0.15) is 0 Å². The van der Waals surface area contributed by atoms with Crippen molar-refractivity contribution >= 4 is 11.8 Å². The molecule has 0 N–H and O–H groups in total. The minimum atomic E-state index is -0.751. The number of rotatable bonds is 8. The lowest BCUT2D eigenvalue weighted by molar-refractivity contribution is -0.141. The fraction of sp³-hybridized carbons (Fsp3) is 0.148. The summed E-state index contributed by atoms with van der Waals surface area (Å²) >= 11 is 0. The molecule has 0 aliphatic carbocycles. The number of aromatic nitrogens is 2. The van der Waals surface area contributed by atoms with E-state index in [9.17, 15) is 9.59 Å². The van der Waals surface area contributed by atoms with E-state index in [0.717, 1.165) is 16.7 Å². The molecule has 0 amide bonds. The summed E-state index contributed by atoms with van der Waals surface area (Å²) in [6, 6.07) is 30.4. The number of ketones is 1. The molecule has 0 radical (unpaired) electrons. The van der Waals surface area contributed by atoms with Gasteiger partial charge in [0, 0.05) is 6.20 Å². The molecule has 0 atom stereocenters. The molecule has 0 bridgehead atoms. The molecule has 0 saturated carbocycles. The maximum absolute atomic E-state index is 12.7. The second-order valence-corrected chi connectivity index (χ2v) is 7.38. The molecule has 1 aromatic heterocycles. The van der Waals surface area contributed by atoms with Crippen LogP contribution < -0.4 is 0 Å². The topological polar surface area (TPSA) is 61.2 Å². The maximum atomic E-state index is 12.7. The predicted molar refractivity (Wildman–Crippen MR) is 122 cm³/mol. The molecule has 32 heavy (non-hydrogen) atoms.